The van der Waals surface area contributed by atoms with Crippen LogP contribution in [0.25, 0.3) is 0 Å². The van der Waals surface area contributed by atoms with Gasteiger partial charge < -0.3 is 10.4 Å². The predicted molar refractivity (Wildman–Crippen MR) is 47.1 cm³/mol. The summed E-state index contributed by atoms with van der Waals surface area (Å²) in [5, 5.41) is 11.9. The van der Waals surface area contributed by atoms with Gasteiger partial charge in [0.1, 0.15) is 6.04 Å². The van der Waals surface area contributed by atoms with Crippen molar-refractivity contribution < 1.29 is 9.90 Å². The van der Waals surface area contributed by atoms with Gasteiger partial charge in [-0.05, 0) is 19.3 Å². The first-order valence-electron chi connectivity index (χ1n) is 4.73. The van der Waals surface area contributed by atoms with E-state index in [1.54, 1.807) is 0 Å². The van der Waals surface area contributed by atoms with Crippen LogP contribution in [0.2, 0.25) is 0 Å². The van der Waals surface area contributed by atoms with E-state index in [9.17, 15) is 4.79 Å². The molecule has 3 nitrogen and oxygen atoms in total. The maximum Gasteiger partial charge on any atom is 0.320 e. The molecule has 3 heteroatoms. The van der Waals surface area contributed by atoms with Crippen LogP contribution in [0.4, 0.5) is 0 Å². The number of rotatable bonds is 6. The largest absolute Gasteiger partial charge is 0.480 e. The van der Waals surface area contributed by atoms with E-state index < -0.39 is 5.97 Å². The minimum absolute atomic E-state index is 0.308. The molecule has 1 rings (SSSR count). The second-order valence-electron chi connectivity index (χ2n) is 3.47. The number of carboxylic acids is 1. The zero-order valence-corrected chi connectivity index (χ0v) is 7.55. The molecule has 0 aromatic heterocycles. The van der Waals surface area contributed by atoms with Crippen molar-refractivity contribution >= 4 is 5.97 Å². The van der Waals surface area contributed by atoms with E-state index in [-0.39, 0.29) is 6.04 Å². The molecule has 70 valence electrons. The van der Waals surface area contributed by atoms with Crippen LogP contribution < -0.4 is 5.32 Å². The van der Waals surface area contributed by atoms with Crippen molar-refractivity contribution in [1.29, 1.82) is 0 Å². The lowest BCUT2D eigenvalue weighted by atomic mass is 10.1. The standard InChI is InChI=1S/C9H17NO2/c1-2-3-4-8(9(11)12)10-7-5-6-7/h7-8,10H,2-6H2,1H3,(H,11,12). The third-order valence-electron chi connectivity index (χ3n) is 2.16. The smallest absolute Gasteiger partial charge is 0.320 e. The highest BCUT2D eigenvalue weighted by atomic mass is 16.4. The Morgan fingerprint density at radius 1 is 1.67 bits per heavy atom. The van der Waals surface area contributed by atoms with Gasteiger partial charge in [-0.2, -0.15) is 0 Å². The zero-order chi connectivity index (χ0) is 8.97. The lowest BCUT2D eigenvalue weighted by Gasteiger charge is -2.12. The van der Waals surface area contributed by atoms with Crippen molar-refractivity contribution in [1.82, 2.24) is 5.32 Å². The molecule has 1 aliphatic rings. The molecule has 0 aromatic carbocycles. The summed E-state index contributed by atoms with van der Waals surface area (Å²) in [5.41, 5.74) is 0. The van der Waals surface area contributed by atoms with Crippen LogP contribution in [-0.2, 0) is 4.79 Å². The fraction of sp³-hybridized carbons (Fsp3) is 0.889. The molecule has 0 spiro atoms. The molecule has 0 bridgehead atoms. The monoisotopic (exact) mass is 171 g/mol. The van der Waals surface area contributed by atoms with E-state index in [1.807, 2.05) is 0 Å². The molecule has 1 fully saturated rings. The van der Waals surface area contributed by atoms with Gasteiger partial charge in [0.25, 0.3) is 0 Å². The average Bonchev–Trinajstić information content (AvgIpc) is 2.80. The van der Waals surface area contributed by atoms with Crippen molar-refractivity contribution in [2.45, 2.75) is 51.1 Å². The van der Waals surface area contributed by atoms with Gasteiger partial charge in [0.05, 0.1) is 0 Å². The first-order chi connectivity index (χ1) is 5.74. The van der Waals surface area contributed by atoms with Crippen LogP contribution in [-0.4, -0.2) is 23.2 Å². The maximum absolute atomic E-state index is 10.7. The van der Waals surface area contributed by atoms with Gasteiger partial charge in [-0.3, -0.25) is 4.79 Å². The summed E-state index contributed by atoms with van der Waals surface area (Å²) in [6, 6.07) is 0.181. The van der Waals surface area contributed by atoms with E-state index >= 15 is 0 Å². The summed E-state index contributed by atoms with van der Waals surface area (Å²) < 4.78 is 0. The van der Waals surface area contributed by atoms with E-state index in [2.05, 4.69) is 12.2 Å². The van der Waals surface area contributed by atoms with Crippen LogP contribution in [0.5, 0.6) is 0 Å². The second kappa shape index (κ2) is 4.45. The summed E-state index contributed by atoms with van der Waals surface area (Å²) >= 11 is 0. The Morgan fingerprint density at radius 2 is 2.33 bits per heavy atom. The molecule has 2 N–H and O–H groups in total. The van der Waals surface area contributed by atoms with E-state index in [1.165, 1.54) is 0 Å². The Morgan fingerprint density at radius 3 is 2.75 bits per heavy atom. The lowest BCUT2D eigenvalue weighted by molar-refractivity contribution is -0.139. The highest BCUT2D eigenvalue weighted by molar-refractivity contribution is 5.73. The summed E-state index contributed by atoms with van der Waals surface area (Å²) in [6.07, 6.45) is 5.13. The molecule has 1 atom stereocenters. The highest BCUT2D eigenvalue weighted by Crippen LogP contribution is 2.20. The topological polar surface area (TPSA) is 49.3 Å². The quantitative estimate of drug-likeness (QED) is 0.634. The Balaban J connectivity index is 2.21. The van der Waals surface area contributed by atoms with Crippen LogP contribution in [0, 0.1) is 0 Å². The lowest BCUT2D eigenvalue weighted by Crippen LogP contribution is -2.37. The van der Waals surface area contributed by atoms with Crippen molar-refractivity contribution in [2.24, 2.45) is 0 Å². The number of hydrogen-bond acceptors (Lipinski definition) is 2. The minimum Gasteiger partial charge on any atom is -0.480 e. The molecule has 0 aromatic rings. The van der Waals surface area contributed by atoms with Gasteiger partial charge in [-0.1, -0.05) is 19.8 Å². The third-order valence-corrected chi connectivity index (χ3v) is 2.16. The van der Waals surface area contributed by atoms with Crippen LogP contribution in [0.3, 0.4) is 0 Å². The Bertz CT molecular complexity index is 155. The number of aliphatic carboxylic acids is 1. The van der Waals surface area contributed by atoms with Crippen LogP contribution >= 0.6 is 0 Å². The highest BCUT2D eigenvalue weighted by Gasteiger charge is 2.27. The summed E-state index contributed by atoms with van der Waals surface area (Å²) in [7, 11) is 0. The molecular weight excluding hydrogens is 154 g/mol. The molecule has 0 heterocycles. The molecule has 1 saturated carbocycles. The van der Waals surface area contributed by atoms with Crippen molar-refractivity contribution in [3.05, 3.63) is 0 Å². The molecule has 1 aliphatic carbocycles. The molecule has 12 heavy (non-hydrogen) atoms. The maximum atomic E-state index is 10.7. The Labute approximate surface area is 73.2 Å². The molecule has 0 aliphatic heterocycles. The van der Waals surface area contributed by atoms with Gasteiger partial charge in [0, 0.05) is 6.04 Å². The SMILES string of the molecule is CCCCC(NC1CC1)C(=O)O. The van der Waals surface area contributed by atoms with Gasteiger partial charge in [0.2, 0.25) is 0 Å². The third kappa shape index (κ3) is 3.22. The van der Waals surface area contributed by atoms with Crippen LogP contribution in [0.15, 0.2) is 0 Å². The number of hydrogen-bond donors (Lipinski definition) is 2. The number of unbranched alkanes of at least 4 members (excludes halogenated alkanes) is 1. The molecule has 1 unspecified atom stereocenters. The van der Waals surface area contributed by atoms with E-state index in [0.717, 1.165) is 32.1 Å². The van der Waals surface area contributed by atoms with Gasteiger partial charge in [-0.15, -0.1) is 0 Å². The van der Waals surface area contributed by atoms with Gasteiger partial charge >= 0.3 is 5.97 Å². The first-order valence-corrected chi connectivity index (χ1v) is 4.73. The van der Waals surface area contributed by atoms with Crippen molar-refractivity contribution in [3.63, 3.8) is 0 Å². The van der Waals surface area contributed by atoms with Gasteiger partial charge in [0.15, 0.2) is 0 Å². The van der Waals surface area contributed by atoms with E-state index in [0.29, 0.717) is 6.04 Å². The fourth-order valence-electron chi connectivity index (χ4n) is 1.22. The normalized spacial score (nSPS) is 19.1. The molecule has 0 amide bonds. The van der Waals surface area contributed by atoms with Gasteiger partial charge in [-0.25, -0.2) is 0 Å². The zero-order valence-electron chi connectivity index (χ0n) is 7.55. The predicted octanol–water partition coefficient (Wildman–Crippen LogP) is 1.38. The number of carbonyl (C=O) groups is 1. The molecule has 0 radical (unpaired) electrons. The Kier molecular flexibility index (Phi) is 3.53. The molecular formula is C9H17NO2. The number of nitrogens with one attached hydrogen (secondary N) is 1. The number of carboxylic acid groups (broad SMARTS) is 1. The summed E-state index contributed by atoms with van der Waals surface area (Å²) in [4.78, 5) is 10.7. The summed E-state index contributed by atoms with van der Waals surface area (Å²) in [6.45, 7) is 2.08. The van der Waals surface area contributed by atoms with Crippen LogP contribution in [0.1, 0.15) is 39.0 Å². The fourth-order valence-corrected chi connectivity index (χ4v) is 1.22. The van der Waals surface area contributed by atoms with E-state index in [4.69, 9.17) is 5.11 Å². The van der Waals surface area contributed by atoms with Crippen molar-refractivity contribution in [3.8, 4) is 0 Å². The summed E-state index contributed by atoms with van der Waals surface area (Å²) in [5.74, 6) is -0.699. The van der Waals surface area contributed by atoms with Crippen molar-refractivity contribution in [2.75, 3.05) is 0 Å². The Hall–Kier alpha value is -0.570. The second-order valence-corrected chi connectivity index (χ2v) is 3.47. The minimum atomic E-state index is -0.699. The molecule has 0 saturated heterocycles. The first kappa shape index (κ1) is 9.52. The average molecular weight is 171 g/mol.